The quantitative estimate of drug-likeness (QED) is 0.803. The van der Waals surface area contributed by atoms with Crippen molar-refractivity contribution in [2.24, 2.45) is 0 Å². The van der Waals surface area contributed by atoms with Gasteiger partial charge in [-0.15, -0.1) is 0 Å². The van der Waals surface area contributed by atoms with E-state index < -0.39 is 0 Å². The van der Waals surface area contributed by atoms with Crippen molar-refractivity contribution < 1.29 is 4.74 Å². The molecule has 106 valence electrons. The molecule has 18 heavy (non-hydrogen) atoms. The van der Waals surface area contributed by atoms with Crippen LogP contribution in [-0.2, 0) is 4.74 Å². The summed E-state index contributed by atoms with van der Waals surface area (Å²) in [7, 11) is 4.23. The van der Waals surface area contributed by atoms with Gasteiger partial charge in [-0.2, -0.15) is 0 Å². The molecule has 1 N–H and O–H groups in total. The third-order valence-electron chi connectivity index (χ3n) is 4.48. The molecule has 2 aliphatic heterocycles. The Kier molecular flexibility index (Phi) is 4.64. The van der Waals surface area contributed by atoms with Crippen molar-refractivity contribution in [1.29, 1.82) is 0 Å². The molecule has 0 saturated carbocycles. The molecule has 2 saturated heterocycles. The van der Waals surface area contributed by atoms with Gasteiger partial charge in [0.25, 0.3) is 0 Å². The molecule has 0 aromatic rings. The van der Waals surface area contributed by atoms with Gasteiger partial charge in [0.15, 0.2) is 0 Å². The first kappa shape index (κ1) is 14.3. The molecule has 0 aromatic carbocycles. The molecule has 0 radical (unpaired) electrons. The number of nitrogens with one attached hydrogen (secondary N) is 1. The maximum Gasteiger partial charge on any atom is 0.0707 e. The summed E-state index contributed by atoms with van der Waals surface area (Å²) in [5.41, 5.74) is 0.293. The van der Waals surface area contributed by atoms with Crippen LogP contribution in [0.15, 0.2) is 0 Å². The minimum atomic E-state index is 0.293. The third kappa shape index (κ3) is 3.44. The summed E-state index contributed by atoms with van der Waals surface area (Å²) in [6.45, 7) is 10.3. The van der Waals surface area contributed by atoms with Crippen molar-refractivity contribution in [3.63, 3.8) is 0 Å². The Morgan fingerprint density at radius 2 is 1.94 bits per heavy atom. The summed E-state index contributed by atoms with van der Waals surface area (Å²) in [6.07, 6.45) is 3.31. The van der Waals surface area contributed by atoms with Crippen LogP contribution < -0.4 is 5.32 Å². The van der Waals surface area contributed by atoms with Gasteiger partial charge in [-0.1, -0.05) is 0 Å². The summed E-state index contributed by atoms with van der Waals surface area (Å²) >= 11 is 0. The molecule has 2 heterocycles. The zero-order chi connectivity index (χ0) is 13.2. The predicted octanol–water partition coefficient (Wildman–Crippen LogP) is 0.779. The van der Waals surface area contributed by atoms with E-state index in [9.17, 15) is 0 Å². The van der Waals surface area contributed by atoms with Gasteiger partial charge >= 0.3 is 0 Å². The largest absolute Gasteiger partial charge is 0.372 e. The summed E-state index contributed by atoms with van der Waals surface area (Å²) in [5, 5.41) is 3.21. The van der Waals surface area contributed by atoms with Crippen LogP contribution in [0.4, 0.5) is 0 Å². The number of nitrogens with zero attached hydrogens (tertiary/aromatic N) is 2. The fourth-order valence-corrected chi connectivity index (χ4v) is 3.08. The molecule has 2 unspecified atom stereocenters. The first-order chi connectivity index (χ1) is 8.51. The average molecular weight is 255 g/mol. The second kappa shape index (κ2) is 5.87. The number of piperazine rings is 1. The van der Waals surface area contributed by atoms with Gasteiger partial charge in [0, 0.05) is 38.3 Å². The summed E-state index contributed by atoms with van der Waals surface area (Å²) < 4.78 is 6.08. The standard InChI is InChI=1S/C14H29N3O/c1-14(2)11-17(8-7-16(14)4)10-13-6-5-12(18-13)9-15-3/h12-13,15H,5-11H2,1-4H3. The molecule has 4 nitrogen and oxygen atoms in total. The Morgan fingerprint density at radius 1 is 1.22 bits per heavy atom. The second-order valence-corrected chi connectivity index (χ2v) is 6.48. The maximum absolute atomic E-state index is 6.08. The molecule has 2 atom stereocenters. The number of hydrogen-bond acceptors (Lipinski definition) is 4. The zero-order valence-electron chi connectivity index (χ0n) is 12.4. The summed E-state index contributed by atoms with van der Waals surface area (Å²) in [4.78, 5) is 5.04. The normalized spacial score (nSPS) is 34.0. The van der Waals surface area contributed by atoms with E-state index in [1.165, 1.54) is 25.9 Å². The first-order valence-corrected chi connectivity index (χ1v) is 7.25. The molecular weight excluding hydrogens is 226 g/mol. The van der Waals surface area contributed by atoms with Gasteiger partial charge < -0.3 is 10.1 Å². The van der Waals surface area contributed by atoms with Gasteiger partial charge in [0.2, 0.25) is 0 Å². The molecule has 4 heteroatoms. The predicted molar refractivity (Wildman–Crippen MR) is 75.0 cm³/mol. The van der Waals surface area contributed by atoms with Gasteiger partial charge in [-0.25, -0.2) is 0 Å². The molecule has 2 aliphatic rings. The van der Waals surface area contributed by atoms with Crippen LogP contribution in [0.25, 0.3) is 0 Å². The molecule has 0 aromatic heterocycles. The van der Waals surface area contributed by atoms with E-state index in [2.05, 4.69) is 36.0 Å². The van der Waals surface area contributed by atoms with Crippen LogP contribution in [-0.4, -0.2) is 74.4 Å². The first-order valence-electron chi connectivity index (χ1n) is 7.25. The molecule has 2 rings (SSSR count). The number of rotatable bonds is 4. The van der Waals surface area contributed by atoms with E-state index in [-0.39, 0.29) is 0 Å². The van der Waals surface area contributed by atoms with Crippen LogP contribution in [0.1, 0.15) is 26.7 Å². The van der Waals surface area contributed by atoms with Crippen molar-refractivity contribution in [3.8, 4) is 0 Å². The monoisotopic (exact) mass is 255 g/mol. The molecule has 0 spiro atoms. The Hall–Kier alpha value is -0.160. The summed E-state index contributed by atoms with van der Waals surface area (Å²) in [6, 6.07) is 0. The lowest BCUT2D eigenvalue weighted by atomic mass is 9.99. The number of ether oxygens (including phenoxy) is 1. The second-order valence-electron chi connectivity index (χ2n) is 6.48. The third-order valence-corrected chi connectivity index (χ3v) is 4.48. The van der Waals surface area contributed by atoms with E-state index in [1.54, 1.807) is 0 Å². The van der Waals surface area contributed by atoms with E-state index >= 15 is 0 Å². The van der Waals surface area contributed by atoms with Gasteiger partial charge in [0.05, 0.1) is 12.2 Å². The fourth-order valence-electron chi connectivity index (χ4n) is 3.08. The lowest BCUT2D eigenvalue weighted by Gasteiger charge is -2.45. The molecule has 0 bridgehead atoms. The molecule has 0 amide bonds. The molecule has 2 fully saturated rings. The van der Waals surface area contributed by atoms with E-state index in [0.29, 0.717) is 17.7 Å². The van der Waals surface area contributed by atoms with Crippen LogP contribution in [0.2, 0.25) is 0 Å². The van der Waals surface area contributed by atoms with Crippen LogP contribution in [0, 0.1) is 0 Å². The van der Waals surface area contributed by atoms with Crippen LogP contribution >= 0.6 is 0 Å². The highest BCUT2D eigenvalue weighted by molar-refractivity contribution is 4.89. The Bertz CT molecular complexity index is 270. The minimum absolute atomic E-state index is 0.293. The van der Waals surface area contributed by atoms with E-state index in [1.807, 2.05) is 7.05 Å². The lowest BCUT2D eigenvalue weighted by molar-refractivity contribution is -0.0114. The smallest absolute Gasteiger partial charge is 0.0707 e. The van der Waals surface area contributed by atoms with Crippen molar-refractivity contribution >= 4 is 0 Å². The fraction of sp³-hybridized carbons (Fsp3) is 1.00. The highest BCUT2D eigenvalue weighted by atomic mass is 16.5. The highest BCUT2D eigenvalue weighted by Crippen LogP contribution is 2.23. The maximum atomic E-state index is 6.08. The van der Waals surface area contributed by atoms with Crippen LogP contribution in [0.3, 0.4) is 0 Å². The lowest BCUT2D eigenvalue weighted by Crippen LogP contribution is -2.58. The van der Waals surface area contributed by atoms with Crippen molar-refractivity contribution in [2.45, 2.75) is 44.4 Å². The molecule has 0 aliphatic carbocycles. The van der Waals surface area contributed by atoms with Gasteiger partial charge in [-0.3, -0.25) is 9.80 Å². The van der Waals surface area contributed by atoms with Crippen molar-refractivity contribution in [3.05, 3.63) is 0 Å². The Labute approximate surface area is 112 Å². The average Bonchev–Trinajstić information content (AvgIpc) is 2.71. The summed E-state index contributed by atoms with van der Waals surface area (Å²) in [5.74, 6) is 0. The van der Waals surface area contributed by atoms with E-state index in [4.69, 9.17) is 4.74 Å². The van der Waals surface area contributed by atoms with Gasteiger partial charge in [-0.05, 0) is 40.8 Å². The SMILES string of the molecule is CNCC1CCC(CN2CCN(C)C(C)(C)C2)O1. The van der Waals surface area contributed by atoms with Crippen molar-refractivity contribution in [2.75, 3.05) is 46.8 Å². The van der Waals surface area contributed by atoms with Gasteiger partial charge in [0.1, 0.15) is 0 Å². The topological polar surface area (TPSA) is 27.7 Å². The zero-order valence-corrected chi connectivity index (χ0v) is 12.4. The molecular formula is C14H29N3O. The minimum Gasteiger partial charge on any atom is -0.372 e. The van der Waals surface area contributed by atoms with Crippen molar-refractivity contribution in [1.82, 2.24) is 15.1 Å². The highest BCUT2D eigenvalue weighted by Gasteiger charge is 2.33. The number of likely N-dealkylation sites (N-methyl/N-ethyl adjacent to an activating group) is 2. The Morgan fingerprint density at radius 3 is 2.61 bits per heavy atom. The van der Waals surface area contributed by atoms with Crippen LogP contribution in [0.5, 0.6) is 0 Å². The number of hydrogen-bond donors (Lipinski definition) is 1. The Balaban J connectivity index is 1.77. The van der Waals surface area contributed by atoms with E-state index in [0.717, 1.165) is 19.6 Å².